The van der Waals surface area contributed by atoms with Crippen molar-refractivity contribution >= 4 is 23.8 Å². The number of hydrogen-bond donors (Lipinski definition) is 1. The topological polar surface area (TPSA) is 98.8 Å². The molecule has 7 heteroatoms. The number of carbonyl (C=O) groups is 4. The minimum absolute atomic E-state index is 0.136. The lowest BCUT2D eigenvalue weighted by Crippen LogP contribution is -2.47. The van der Waals surface area contributed by atoms with E-state index >= 15 is 0 Å². The molecule has 0 radical (unpaired) electrons. The summed E-state index contributed by atoms with van der Waals surface area (Å²) in [6.45, 7) is 6.29. The van der Waals surface area contributed by atoms with Crippen LogP contribution in [-0.2, 0) is 28.7 Å². The predicted octanol–water partition coefficient (Wildman–Crippen LogP) is -0.0555. The molecule has 0 aromatic carbocycles. The van der Waals surface area contributed by atoms with Gasteiger partial charge in [0, 0.05) is 24.3 Å². The SMILES string of the molecule is C=C(C)C(=O)OC1C2CC3C1OC(=O)C3C2C(=O)NC(C)=O. The second kappa shape index (κ2) is 4.93. The van der Waals surface area contributed by atoms with Crippen molar-refractivity contribution in [2.75, 3.05) is 0 Å². The smallest absolute Gasteiger partial charge is 0.333 e. The van der Waals surface area contributed by atoms with Crippen LogP contribution in [-0.4, -0.2) is 36.0 Å². The molecule has 1 saturated heterocycles. The van der Waals surface area contributed by atoms with Crippen LogP contribution < -0.4 is 5.32 Å². The van der Waals surface area contributed by atoms with Crippen molar-refractivity contribution in [3.8, 4) is 0 Å². The average molecular weight is 307 g/mol. The van der Waals surface area contributed by atoms with Gasteiger partial charge >= 0.3 is 11.9 Å². The molecular formula is C15H17NO6. The predicted molar refractivity (Wildman–Crippen MR) is 72.0 cm³/mol. The summed E-state index contributed by atoms with van der Waals surface area (Å²) in [6, 6.07) is 0. The van der Waals surface area contributed by atoms with Gasteiger partial charge in [0.15, 0.2) is 0 Å². The van der Waals surface area contributed by atoms with Crippen LogP contribution in [0.2, 0.25) is 0 Å². The van der Waals surface area contributed by atoms with Gasteiger partial charge in [-0.1, -0.05) is 6.58 Å². The lowest BCUT2D eigenvalue weighted by atomic mass is 9.78. The highest BCUT2D eigenvalue weighted by atomic mass is 16.6. The third kappa shape index (κ3) is 2.03. The molecule has 118 valence electrons. The monoisotopic (exact) mass is 307 g/mol. The highest BCUT2D eigenvalue weighted by Gasteiger charge is 2.69. The molecule has 3 aliphatic rings. The Balaban J connectivity index is 1.85. The van der Waals surface area contributed by atoms with E-state index in [-0.39, 0.29) is 17.4 Å². The molecule has 2 aliphatic carbocycles. The first kappa shape index (κ1) is 14.7. The minimum atomic E-state index is -0.692. The molecule has 1 heterocycles. The van der Waals surface area contributed by atoms with Crippen LogP contribution >= 0.6 is 0 Å². The molecular weight excluding hydrogens is 290 g/mol. The van der Waals surface area contributed by atoms with Crippen molar-refractivity contribution in [1.29, 1.82) is 0 Å². The van der Waals surface area contributed by atoms with Crippen LogP contribution in [0, 0.1) is 23.7 Å². The molecule has 0 aromatic rings. The van der Waals surface area contributed by atoms with Crippen LogP contribution in [0.15, 0.2) is 12.2 Å². The van der Waals surface area contributed by atoms with E-state index in [0.717, 1.165) is 0 Å². The highest BCUT2D eigenvalue weighted by Crippen LogP contribution is 2.58. The van der Waals surface area contributed by atoms with Gasteiger partial charge in [-0.05, 0) is 13.3 Å². The number of fused-ring (bicyclic) bond motifs is 1. The zero-order valence-corrected chi connectivity index (χ0v) is 12.3. The van der Waals surface area contributed by atoms with Gasteiger partial charge in [0.2, 0.25) is 11.8 Å². The zero-order valence-electron chi connectivity index (χ0n) is 12.3. The fourth-order valence-corrected chi connectivity index (χ4v) is 3.99. The van der Waals surface area contributed by atoms with Gasteiger partial charge in [0.05, 0.1) is 11.8 Å². The van der Waals surface area contributed by atoms with Crippen LogP contribution in [0.3, 0.4) is 0 Å². The van der Waals surface area contributed by atoms with E-state index in [4.69, 9.17) is 9.47 Å². The number of hydrogen-bond acceptors (Lipinski definition) is 6. The molecule has 22 heavy (non-hydrogen) atoms. The average Bonchev–Trinajstić information content (AvgIpc) is 3.00. The van der Waals surface area contributed by atoms with Gasteiger partial charge < -0.3 is 9.47 Å². The van der Waals surface area contributed by atoms with E-state index < -0.39 is 47.8 Å². The maximum Gasteiger partial charge on any atom is 0.333 e. The van der Waals surface area contributed by atoms with Crippen molar-refractivity contribution in [2.45, 2.75) is 32.5 Å². The van der Waals surface area contributed by atoms with Crippen LogP contribution in [0.1, 0.15) is 20.3 Å². The van der Waals surface area contributed by atoms with Crippen molar-refractivity contribution in [2.24, 2.45) is 23.7 Å². The van der Waals surface area contributed by atoms with Gasteiger partial charge in [0.25, 0.3) is 0 Å². The minimum Gasteiger partial charge on any atom is -0.458 e. The molecule has 2 bridgehead atoms. The summed E-state index contributed by atoms with van der Waals surface area (Å²) >= 11 is 0. The highest BCUT2D eigenvalue weighted by molar-refractivity contribution is 5.98. The second-order valence-corrected chi connectivity index (χ2v) is 6.21. The summed E-state index contributed by atoms with van der Waals surface area (Å²) in [7, 11) is 0. The molecule has 6 unspecified atom stereocenters. The van der Waals surface area contributed by atoms with Gasteiger partial charge in [0.1, 0.15) is 12.2 Å². The molecule has 3 fully saturated rings. The largest absolute Gasteiger partial charge is 0.458 e. The molecule has 3 rings (SSSR count). The lowest BCUT2D eigenvalue weighted by Gasteiger charge is -2.30. The molecule has 2 saturated carbocycles. The summed E-state index contributed by atoms with van der Waals surface area (Å²) in [6.07, 6.45) is -0.572. The fourth-order valence-electron chi connectivity index (χ4n) is 3.99. The quantitative estimate of drug-likeness (QED) is 0.579. The molecule has 6 atom stereocenters. The number of amides is 2. The number of imide groups is 1. The summed E-state index contributed by atoms with van der Waals surface area (Å²) in [5.41, 5.74) is 0.244. The van der Waals surface area contributed by atoms with Crippen LogP contribution in [0.25, 0.3) is 0 Å². The Labute approximate surface area is 127 Å². The number of ether oxygens (including phenoxy) is 2. The summed E-state index contributed by atoms with van der Waals surface area (Å²) in [5.74, 6) is -3.68. The molecule has 2 amide bonds. The van der Waals surface area contributed by atoms with E-state index in [9.17, 15) is 19.2 Å². The number of rotatable bonds is 3. The van der Waals surface area contributed by atoms with E-state index in [1.807, 2.05) is 0 Å². The zero-order chi connectivity index (χ0) is 16.2. The van der Waals surface area contributed by atoms with Crippen LogP contribution in [0.5, 0.6) is 0 Å². The van der Waals surface area contributed by atoms with Crippen LogP contribution in [0.4, 0.5) is 0 Å². The molecule has 7 nitrogen and oxygen atoms in total. The fraction of sp³-hybridized carbons (Fsp3) is 0.600. The van der Waals surface area contributed by atoms with E-state index in [0.29, 0.717) is 6.42 Å². The number of carbonyl (C=O) groups excluding carboxylic acids is 4. The molecule has 1 N–H and O–H groups in total. The van der Waals surface area contributed by atoms with E-state index in [1.165, 1.54) is 13.8 Å². The Bertz CT molecular complexity index is 597. The Hall–Kier alpha value is -2.18. The standard InChI is InChI=1S/C15H17NO6/c1-5(2)14(19)21-11-7-4-8-10(15(20)22-12(8)11)9(7)13(18)16-6(3)17/h7-12H,1,4H2,2-3H3,(H,16,17,18). The second-order valence-electron chi connectivity index (χ2n) is 6.21. The van der Waals surface area contributed by atoms with E-state index in [2.05, 4.69) is 11.9 Å². The van der Waals surface area contributed by atoms with Gasteiger partial charge in [-0.3, -0.25) is 19.7 Å². The number of esters is 2. The normalized spacial score (nSPS) is 37.6. The first-order valence-corrected chi connectivity index (χ1v) is 7.19. The maximum atomic E-state index is 12.2. The first-order valence-electron chi connectivity index (χ1n) is 7.19. The summed E-state index contributed by atoms with van der Waals surface area (Å²) in [5, 5.41) is 2.23. The van der Waals surface area contributed by atoms with Gasteiger partial charge in [-0.25, -0.2) is 4.79 Å². The Morgan fingerprint density at radius 3 is 2.55 bits per heavy atom. The van der Waals surface area contributed by atoms with E-state index in [1.54, 1.807) is 0 Å². The maximum absolute atomic E-state index is 12.2. The van der Waals surface area contributed by atoms with Gasteiger partial charge in [-0.15, -0.1) is 0 Å². The third-order valence-corrected chi connectivity index (χ3v) is 4.74. The number of nitrogens with one attached hydrogen (secondary N) is 1. The summed E-state index contributed by atoms with van der Waals surface area (Å²) in [4.78, 5) is 47.1. The third-order valence-electron chi connectivity index (χ3n) is 4.74. The molecule has 1 aliphatic heterocycles. The van der Waals surface area contributed by atoms with Crippen molar-refractivity contribution in [1.82, 2.24) is 5.32 Å². The summed E-state index contributed by atoms with van der Waals surface area (Å²) < 4.78 is 10.7. The van der Waals surface area contributed by atoms with Gasteiger partial charge in [-0.2, -0.15) is 0 Å². The van der Waals surface area contributed by atoms with Crippen molar-refractivity contribution < 1.29 is 28.7 Å². The van der Waals surface area contributed by atoms with Crippen molar-refractivity contribution in [3.05, 3.63) is 12.2 Å². The lowest BCUT2D eigenvalue weighted by molar-refractivity contribution is -0.159. The Kier molecular flexibility index (Phi) is 3.30. The Morgan fingerprint density at radius 1 is 1.27 bits per heavy atom. The molecule has 0 aromatic heterocycles. The molecule has 0 spiro atoms. The Morgan fingerprint density at radius 2 is 1.95 bits per heavy atom. The first-order chi connectivity index (χ1) is 10.3. The van der Waals surface area contributed by atoms with Crippen molar-refractivity contribution in [3.63, 3.8) is 0 Å².